The summed E-state index contributed by atoms with van der Waals surface area (Å²) in [7, 11) is 0. The minimum absolute atomic E-state index is 0.707. The first-order valence-corrected chi connectivity index (χ1v) is 4.02. The molecule has 0 aliphatic heterocycles. The molecule has 12 heavy (non-hydrogen) atoms. The number of hydrogen-bond donors (Lipinski definition) is 0. The van der Waals surface area contributed by atoms with Gasteiger partial charge in [0.2, 0.25) is 0 Å². The Bertz CT molecular complexity index is 210. The Morgan fingerprint density at radius 1 is 0.833 bits per heavy atom. The van der Waals surface area contributed by atoms with Crippen molar-refractivity contribution in [2.75, 3.05) is 0 Å². The maximum absolute atomic E-state index is 10.9. The Balaban J connectivity index is 2.86. The molecule has 0 spiro atoms. The molecule has 2 nitrogen and oxygen atoms in total. The van der Waals surface area contributed by atoms with Crippen LogP contribution in [-0.4, -0.2) is 0 Å². The predicted octanol–water partition coefficient (Wildman–Crippen LogP) is 2.67. The summed E-state index contributed by atoms with van der Waals surface area (Å²) in [5, 5.41) is 21.9. The zero-order valence-electron chi connectivity index (χ0n) is 7.28. The second-order valence-corrected chi connectivity index (χ2v) is 2.95. The zero-order chi connectivity index (χ0) is 9.14. The second-order valence-electron chi connectivity index (χ2n) is 2.95. The summed E-state index contributed by atoms with van der Waals surface area (Å²) in [5.41, 5.74) is 1.47. The standard InChI is InChI=1S/C10H12O2/c1-7(11)9-3-5-10(6-4-9)8(2)12/h3-8H,1-2H3. The summed E-state index contributed by atoms with van der Waals surface area (Å²) in [6.45, 7) is 3.19. The van der Waals surface area contributed by atoms with Crippen molar-refractivity contribution in [3.05, 3.63) is 35.4 Å². The number of benzene rings is 1. The molecule has 0 amide bonds. The van der Waals surface area contributed by atoms with Crippen molar-refractivity contribution in [2.45, 2.75) is 26.1 Å². The smallest absolute Gasteiger partial charge is 0.115 e. The Hall–Kier alpha value is -0.860. The van der Waals surface area contributed by atoms with Gasteiger partial charge in [0.05, 0.1) is 0 Å². The molecule has 0 N–H and O–H groups in total. The van der Waals surface area contributed by atoms with Gasteiger partial charge < -0.3 is 0 Å². The third-order valence-electron chi connectivity index (χ3n) is 1.88. The highest BCUT2D eigenvalue weighted by Gasteiger charge is 2.04. The average Bonchev–Trinajstić information content (AvgIpc) is 2.04. The third kappa shape index (κ3) is 2.06. The van der Waals surface area contributed by atoms with Crippen LogP contribution >= 0.6 is 0 Å². The van der Waals surface area contributed by atoms with Gasteiger partial charge in [-0.05, 0) is 25.0 Å². The van der Waals surface area contributed by atoms with Gasteiger partial charge in [-0.3, -0.25) is 0 Å². The molecule has 1 aromatic carbocycles. The van der Waals surface area contributed by atoms with E-state index in [1.54, 1.807) is 38.1 Å². The van der Waals surface area contributed by atoms with Gasteiger partial charge in [-0.15, -0.1) is 0 Å². The lowest BCUT2D eigenvalue weighted by molar-refractivity contribution is 0.103. The molecule has 64 valence electrons. The monoisotopic (exact) mass is 164 g/mol. The van der Waals surface area contributed by atoms with Crippen molar-refractivity contribution in [2.24, 2.45) is 0 Å². The van der Waals surface area contributed by atoms with Crippen LogP contribution in [0.1, 0.15) is 37.2 Å². The fourth-order valence-corrected chi connectivity index (χ4v) is 1.04. The van der Waals surface area contributed by atoms with E-state index in [0.29, 0.717) is 0 Å². The molecule has 0 aliphatic rings. The van der Waals surface area contributed by atoms with Crippen molar-refractivity contribution < 1.29 is 10.2 Å². The lowest BCUT2D eigenvalue weighted by Crippen LogP contribution is -1.92. The molecule has 2 heteroatoms. The van der Waals surface area contributed by atoms with Crippen LogP contribution in [-0.2, 0) is 10.2 Å². The first-order valence-electron chi connectivity index (χ1n) is 4.02. The Morgan fingerprint density at radius 2 is 1.08 bits per heavy atom. The fraction of sp³-hybridized carbons (Fsp3) is 0.400. The third-order valence-corrected chi connectivity index (χ3v) is 1.88. The first kappa shape index (κ1) is 9.23. The highest BCUT2D eigenvalue weighted by molar-refractivity contribution is 5.24. The maximum Gasteiger partial charge on any atom is 0.115 e. The molecule has 0 saturated carbocycles. The van der Waals surface area contributed by atoms with Crippen molar-refractivity contribution in [1.82, 2.24) is 0 Å². The minimum Gasteiger partial charge on any atom is -0.228 e. The highest BCUT2D eigenvalue weighted by Crippen LogP contribution is 2.17. The van der Waals surface area contributed by atoms with E-state index in [1.807, 2.05) is 0 Å². The van der Waals surface area contributed by atoms with E-state index in [2.05, 4.69) is 0 Å². The molecule has 2 unspecified atom stereocenters. The summed E-state index contributed by atoms with van der Waals surface area (Å²) < 4.78 is 0. The molecule has 0 fully saturated rings. The van der Waals surface area contributed by atoms with E-state index < -0.39 is 12.2 Å². The molecule has 0 aromatic heterocycles. The summed E-state index contributed by atoms with van der Waals surface area (Å²) >= 11 is 0. The number of hydrogen-bond acceptors (Lipinski definition) is 0. The highest BCUT2D eigenvalue weighted by atomic mass is 16.3. The zero-order valence-corrected chi connectivity index (χ0v) is 7.28. The molecule has 2 radical (unpaired) electrons. The van der Waals surface area contributed by atoms with Gasteiger partial charge >= 0.3 is 0 Å². The van der Waals surface area contributed by atoms with Crippen LogP contribution in [0, 0.1) is 0 Å². The minimum atomic E-state index is -0.707. The molecule has 1 aromatic rings. The first-order chi connectivity index (χ1) is 5.61. The van der Waals surface area contributed by atoms with Crippen LogP contribution in [0.25, 0.3) is 0 Å². The molecule has 0 aliphatic carbocycles. The van der Waals surface area contributed by atoms with E-state index in [4.69, 9.17) is 0 Å². The van der Waals surface area contributed by atoms with Gasteiger partial charge in [0.1, 0.15) is 12.2 Å². The van der Waals surface area contributed by atoms with Crippen molar-refractivity contribution in [1.29, 1.82) is 0 Å². The lowest BCUT2D eigenvalue weighted by Gasteiger charge is -2.05. The second kappa shape index (κ2) is 3.70. The van der Waals surface area contributed by atoms with Crippen molar-refractivity contribution in [3.8, 4) is 0 Å². The largest absolute Gasteiger partial charge is 0.228 e. The fourth-order valence-electron chi connectivity index (χ4n) is 1.04. The van der Waals surface area contributed by atoms with Gasteiger partial charge in [0.25, 0.3) is 0 Å². The molecule has 0 bridgehead atoms. The Morgan fingerprint density at radius 3 is 1.25 bits per heavy atom. The lowest BCUT2D eigenvalue weighted by atomic mass is 10.1. The van der Waals surface area contributed by atoms with Crippen LogP contribution in [0.2, 0.25) is 0 Å². The molecule has 0 saturated heterocycles. The quantitative estimate of drug-likeness (QED) is 0.644. The van der Waals surface area contributed by atoms with Crippen LogP contribution in [0.5, 0.6) is 0 Å². The van der Waals surface area contributed by atoms with Gasteiger partial charge in [0, 0.05) is 0 Å². The predicted molar refractivity (Wildman–Crippen MR) is 44.6 cm³/mol. The van der Waals surface area contributed by atoms with Gasteiger partial charge in [-0.2, -0.15) is 0 Å². The van der Waals surface area contributed by atoms with Crippen LogP contribution in [0.4, 0.5) is 0 Å². The average molecular weight is 164 g/mol. The SMILES string of the molecule is CC([O])c1ccc(C(C)[O])cc1. The van der Waals surface area contributed by atoms with Crippen LogP contribution < -0.4 is 0 Å². The topological polar surface area (TPSA) is 39.8 Å². The van der Waals surface area contributed by atoms with Crippen LogP contribution in [0.15, 0.2) is 24.3 Å². The van der Waals surface area contributed by atoms with Gasteiger partial charge in [0.15, 0.2) is 0 Å². The molecular weight excluding hydrogens is 152 g/mol. The Labute approximate surface area is 72.5 Å². The van der Waals surface area contributed by atoms with Crippen molar-refractivity contribution in [3.63, 3.8) is 0 Å². The van der Waals surface area contributed by atoms with E-state index in [0.717, 1.165) is 11.1 Å². The van der Waals surface area contributed by atoms with Gasteiger partial charge in [-0.25, -0.2) is 10.2 Å². The summed E-state index contributed by atoms with van der Waals surface area (Å²) in [5.74, 6) is 0. The molecule has 0 heterocycles. The van der Waals surface area contributed by atoms with E-state index >= 15 is 0 Å². The maximum atomic E-state index is 10.9. The number of rotatable bonds is 2. The van der Waals surface area contributed by atoms with E-state index in [1.165, 1.54) is 0 Å². The van der Waals surface area contributed by atoms with Gasteiger partial charge in [-0.1, -0.05) is 24.3 Å². The van der Waals surface area contributed by atoms with E-state index in [-0.39, 0.29) is 0 Å². The summed E-state index contributed by atoms with van der Waals surface area (Å²) in [6, 6.07) is 6.89. The summed E-state index contributed by atoms with van der Waals surface area (Å²) in [4.78, 5) is 0. The van der Waals surface area contributed by atoms with Crippen LogP contribution in [0.3, 0.4) is 0 Å². The summed E-state index contributed by atoms with van der Waals surface area (Å²) in [6.07, 6.45) is -1.41. The Kier molecular flexibility index (Phi) is 2.84. The normalized spacial score (nSPS) is 15.7. The molecule has 2 atom stereocenters. The van der Waals surface area contributed by atoms with E-state index in [9.17, 15) is 10.2 Å². The van der Waals surface area contributed by atoms with Crippen molar-refractivity contribution >= 4 is 0 Å². The molecular formula is C10H12O2. The molecule has 1 rings (SSSR count).